The van der Waals surface area contributed by atoms with Crippen molar-refractivity contribution >= 4 is 21.6 Å². The monoisotopic (exact) mass is 416 g/mol. The molecular weight excluding hydrogens is 398 g/mol. The molecular formula is C21H18F2N2O3S. The van der Waals surface area contributed by atoms with Crippen LogP contribution in [-0.2, 0) is 21.4 Å². The molecule has 0 aliphatic carbocycles. The molecule has 3 aromatic carbocycles. The molecule has 0 bridgehead atoms. The highest BCUT2D eigenvalue weighted by molar-refractivity contribution is 7.89. The van der Waals surface area contributed by atoms with Crippen molar-refractivity contribution in [1.82, 2.24) is 4.31 Å². The summed E-state index contributed by atoms with van der Waals surface area (Å²) < 4.78 is 54.2. The number of hydrogen-bond acceptors (Lipinski definition) is 3. The van der Waals surface area contributed by atoms with Gasteiger partial charge < -0.3 is 5.32 Å². The van der Waals surface area contributed by atoms with E-state index in [0.717, 1.165) is 22.5 Å². The lowest BCUT2D eigenvalue weighted by molar-refractivity contribution is -0.116. The molecule has 150 valence electrons. The van der Waals surface area contributed by atoms with Crippen molar-refractivity contribution in [2.45, 2.75) is 11.4 Å². The van der Waals surface area contributed by atoms with Crippen LogP contribution in [0.1, 0.15) is 5.56 Å². The Bertz CT molecular complexity index is 1090. The number of hydrogen-bond donors (Lipinski definition) is 1. The predicted octanol–water partition coefficient (Wildman–Crippen LogP) is 3.79. The van der Waals surface area contributed by atoms with Crippen LogP contribution < -0.4 is 5.32 Å². The smallest absolute Gasteiger partial charge is 0.243 e. The number of amides is 1. The molecule has 1 N–H and O–H groups in total. The van der Waals surface area contributed by atoms with E-state index in [9.17, 15) is 22.0 Å². The number of carbonyl (C=O) groups excluding carboxylic acids is 1. The fourth-order valence-corrected chi connectivity index (χ4v) is 4.10. The van der Waals surface area contributed by atoms with Gasteiger partial charge in [-0.2, -0.15) is 4.31 Å². The molecule has 3 rings (SSSR count). The van der Waals surface area contributed by atoms with Crippen LogP contribution in [0.5, 0.6) is 0 Å². The van der Waals surface area contributed by atoms with E-state index >= 15 is 0 Å². The average Bonchev–Trinajstić information content (AvgIpc) is 2.71. The Morgan fingerprint density at radius 2 is 1.52 bits per heavy atom. The van der Waals surface area contributed by atoms with Gasteiger partial charge in [0, 0.05) is 12.6 Å². The lowest BCUT2D eigenvalue weighted by Crippen LogP contribution is -2.37. The van der Waals surface area contributed by atoms with Crippen molar-refractivity contribution in [3.05, 3.63) is 96.1 Å². The summed E-state index contributed by atoms with van der Waals surface area (Å²) in [4.78, 5) is 12.5. The lowest BCUT2D eigenvalue weighted by Gasteiger charge is -2.22. The summed E-state index contributed by atoms with van der Waals surface area (Å²) in [5, 5.41) is 2.23. The Morgan fingerprint density at radius 3 is 2.17 bits per heavy atom. The second-order valence-corrected chi connectivity index (χ2v) is 8.18. The molecule has 0 saturated carbocycles. The zero-order valence-electron chi connectivity index (χ0n) is 15.3. The Morgan fingerprint density at radius 1 is 0.897 bits per heavy atom. The minimum Gasteiger partial charge on any atom is -0.322 e. The van der Waals surface area contributed by atoms with Gasteiger partial charge in [0.2, 0.25) is 15.9 Å². The number of halogens is 2. The van der Waals surface area contributed by atoms with Gasteiger partial charge in [-0.15, -0.1) is 0 Å². The van der Waals surface area contributed by atoms with Crippen molar-refractivity contribution in [3.8, 4) is 0 Å². The van der Waals surface area contributed by atoms with Crippen LogP contribution in [0.2, 0.25) is 0 Å². The molecule has 3 aromatic rings. The normalized spacial score (nSPS) is 11.4. The third-order valence-corrected chi connectivity index (χ3v) is 5.91. The van der Waals surface area contributed by atoms with Gasteiger partial charge in [0.1, 0.15) is 11.6 Å². The Labute approximate surface area is 167 Å². The summed E-state index contributed by atoms with van der Waals surface area (Å²) >= 11 is 0. The molecule has 0 aliphatic heterocycles. The second-order valence-electron chi connectivity index (χ2n) is 6.24. The predicted molar refractivity (Wildman–Crippen MR) is 105 cm³/mol. The van der Waals surface area contributed by atoms with Crippen molar-refractivity contribution in [1.29, 1.82) is 0 Å². The molecule has 8 heteroatoms. The Hall–Kier alpha value is -3.10. The molecule has 0 saturated heterocycles. The second kappa shape index (κ2) is 8.93. The van der Waals surface area contributed by atoms with Crippen LogP contribution in [0.25, 0.3) is 0 Å². The topological polar surface area (TPSA) is 66.5 Å². The van der Waals surface area contributed by atoms with Crippen LogP contribution in [0.3, 0.4) is 0 Å². The number of sulfonamides is 1. The van der Waals surface area contributed by atoms with Gasteiger partial charge in [-0.3, -0.25) is 4.79 Å². The number of nitrogens with zero attached hydrogens (tertiary/aromatic N) is 1. The number of rotatable bonds is 7. The highest BCUT2D eigenvalue weighted by Crippen LogP contribution is 2.19. The highest BCUT2D eigenvalue weighted by atomic mass is 32.2. The van der Waals surface area contributed by atoms with Crippen LogP contribution in [0.4, 0.5) is 14.5 Å². The van der Waals surface area contributed by atoms with E-state index < -0.39 is 34.1 Å². The molecule has 0 atom stereocenters. The highest BCUT2D eigenvalue weighted by Gasteiger charge is 2.27. The molecule has 0 spiro atoms. The number of anilines is 1. The van der Waals surface area contributed by atoms with E-state index in [1.165, 1.54) is 12.1 Å². The minimum absolute atomic E-state index is 0.0284. The number of carbonyl (C=O) groups is 1. The maximum absolute atomic E-state index is 13.8. The van der Waals surface area contributed by atoms with Crippen LogP contribution in [0, 0.1) is 11.6 Å². The number of benzene rings is 3. The first kappa shape index (κ1) is 20.6. The van der Waals surface area contributed by atoms with E-state index in [-0.39, 0.29) is 17.1 Å². The van der Waals surface area contributed by atoms with E-state index in [1.54, 1.807) is 48.5 Å². The van der Waals surface area contributed by atoms with Crippen molar-refractivity contribution in [2.75, 3.05) is 11.9 Å². The van der Waals surface area contributed by atoms with Gasteiger partial charge in [0.15, 0.2) is 0 Å². The lowest BCUT2D eigenvalue weighted by atomic mass is 10.2. The zero-order chi connectivity index (χ0) is 20.9. The van der Waals surface area contributed by atoms with E-state index in [0.29, 0.717) is 5.56 Å². The van der Waals surface area contributed by atoms with Gasteiger partial charge in [-0.1, -0.05) is 48.5 Å². The summed E-state index contributed by atoms with van der Waals surface area (Å²) in [6.45, 7) is -0.626. The molecule has 29 heavy (non-hydrogen) atoms. The van der Waals surface area contributed by atoms with Crippen LogP contribution in [0.15, 0.2) is 83.8 Å². The van der Waals surface area contributed by atoms with Crippen molar-refractivity contribution in [3.63, 3.8) is 0 Å². The first-order chi connectivity index (χ1) is 13.9. The summed E-state index contributed by atoms with van der Waals surface area (Å²) in [7, 11) is -4.00. The first-order valence-corrected chi connectivity index (χ1v) is 10.1. The largest absolute Gasteiger partial charge is 0.322 e. The fourth-order valence-electron chi connectivity index (χ4n) is 2.70. The minimum atomic E-state index is -4.00. The van der Waals surface area contributed by atoms with Gasteiger partial charge in [-0.25, -0.2) is 17.2 Å². The Balaban J connectivity index is 1.87. The van der Waals surface area contributed by atoms with E-state index in [2.05, 4.69) is 5.32 Å². The molecule has 0 unspecified atom stereocenters. The maximum Gasteiger partial charge on any atom is 0.243 e. The van der Waals surface area contributed by atoms with Crippen LogP contribution >= 0.6 is 0 Å². The van der Waals surface area contributed by atoms with Crippen molar-refractivity contribution < 1.29 is 22.0 Å². The average molecular weight is 416 g/mol. The molecule has 0 aromatic heterocycles. The summed E-state index contributed by atoms with van der Waals surface area (Å²) in [6.07, 6.45) is 0. The van der Waals surface area contributed by atoms with E-state index in [4.69, 9.17) is 0 Å². The zero-order valence-corrected chi connectivity index (χ0v) is 16.1. The van der Waals surface area contributed by atoms with Crippen LogP contribution in [-0.4, -0.2) is 25.2 Å². The molecule has 5 nitrogen and oxygen atoms in total. The number of nitrogens with one attached hydrogen (secondary N) is 1. The first-order valence-electron chi connectivity index (χ1n) is 8.70. The summed E-state index contributed by atoms with van der Waals surface area (Å²) in [5.41, 5.74) is 0.323. The summed E-state index contributed by atoms with van der Waals surface area (Å²) in [6, 6.07) is 19.1. The van der Waals surface area contributed by atoms with E-state index in [1.807, 2.05) is 0 Å². The molecule has 0 radical (unpaired) electrons. The van der Waals surface area contributed by atoms with Gasteiger partial charge in [-0.05, 0) is 29.8 Å². The standard InChI is InChI=1S/C21H18F2N2O3S/c22-17-11-12-19(23)20(13-17)24-21(26)15-25(14-16-7-3-1-4-8-16)29(27,28)18-9-5-2-6-10-18/h1-13H,14-15H2,(H,24,26). The third kappa shape index (κ3) is 5.24. The Kier molecular flexibility index (Phi) is 6.36. The van der Waals surface area contributed by atoms with Gasteiger partial charge in [0.05, 0.1) is 17.1 Å². The quantitative estimate of drug-likeness (QED) is 0.637. The van der Waals surface area contributed by atoms with Gasteiger partial charge >= 0.3 is 0 Å². The summed E-state index contributed by atoms with van der Waals surface area (Å²) in [5.74, 6) is -2.33. The molecule has 0 fully saturated rings. The third-order valence-electron chi connectivity index (χ3n) is 4.11. The SMILES string of the molecule is O=C(CN(Cc1ccccc1)S(=O)(=O)c1ccccc1)Nc1cc(F)ccc1F. The maximum atomic E-state index is 13.8. The molecule has 1 amide bonds. The molecule has 0 aliphatic rings. The van der Waals surface area contributed by atoms with Gasteiger partial charge in [0.25, 0.3) is 0 Å². The fraction of sp³-hybridized carbons (Fsp3) is 0.0952. The van der Waals surface area contributed by atoms with Crippen molar-refractivity contribution in [2.24, 2.45) is 0 Å². The molecule has 0 heterocycles.